The Balaban J connectivity index is 2.09. The van der Waals surface area contributed by atoms with Crippen LogP contribution in [0.15, 0.2) is 10.6 Å². The minimum atomic E-state index is -0.984. The molecule has 1 fully saturated rings. The second kappa shape index (κ2) is 4.47. The van der Waals surface area contributed by atoms with Gasteiger partial charge in [-0.2, -0.15) is 0 Å². The zero-order valence-corrected chi connectivity index (χ0v) is 9.84. The third-order valence-electron chi connectivity index (χ3n) is 2.72. The van der Waals surface area contributed by atoms with E-state index in [0.29, 0.717) is 6.42 Å². The number of aliphatic carboxylic acids is 1. The number of thioether (sulfide) groups is 1. The number of carboxylic acid groups (broad SMARTS) is 1. The van der Waals surface area contributed by atoms with E-state index in [4.69, 9.17) is 5.11 Å². The Hall–Kier alpha value is -1.01. The number of fused-ring (bicyclic) bond motifs is 1. The van der Waals surface area contributed by atoms with Crippen LogP contribution in [0.4, 0.5) is 0 Å². The molecule has 0 unspecified atom stereocenters. The van der Waals surface area contributed by atoms with Crippen LogP contribution in [0.3, 0.4) is 0 Å². The first-order chi connectivity index (χ1) is 7.65. The van der Waals surface area contributed by atoms with Gasteiger partial charge in [0.1, 0.15) is 5.70 Å². The van der Waals surface area contributed by atoms with Crippen molar-refractivity contribution in [2.45, 2.75) is 24.6 Å². The Morgan fingerprint density at radius 1 is 1.69 bits per heavy atom. The van der Waals surface area contributed by atoms with Gasteiger partial charge < -0.3 is 10.4 Å². The third-order valence-corrected chi connectivity index (χ3v) is 4.05. The van der Waals surface area contributed by atoms with Crippen LogP contribution in [0.2, 0.25) is 0 Å². The molecule has 0 radical (unpaired) electrons. The molecule has 2 aliphatic heterocycles. The van der Waals surface area contributed by atoms with E-state index in [0.717, 1.165) is 24.3 Å². The number of carbonyl (C=O) groups excluding carboxylic acids is 1. The summed E-state index contributed by atoms with van der Waals surface area (Å²) in [4.78, 5) is 24.7. The fraction of sp³-hybridized carbons (Fsp3) is 0.600. The molecule has 0 aliphatic carbocycles. The van der Waals surface area contributed by atoms with Crippen LogP contribution in [0.5, 0.6) is 0 Å². The highest BCUT2D eigenvalue weighted by Crippen LogP contribution is 2.47. The Labute approximate surface area is 97.9 Å². The Morgan fingerprint density at radius 2 is 2.44 bits per heavy atom. The van der Waals surface area contributed by atoms with Gasteiger partial charge in [-0.1, -0.05) is 0 Å². The quantitative estimate of drug-likeness (QED) is 0.545. The predicted octanol–water partition coefficient (Wildman–Crippen LogP) is 0.587. The van der Waals surface area contributed by atoms with Gasteiger partial charge in [-0.3, -0.25) is 9.69 Å². The summed E-state index contributed by atoms with van der Waals surface area (Å²) in [6, 6.07) is 0. The van der Waals surface area contributed by atoms with Crippen molar-refractivity contribution in [2.75, 3.05) is 13.6 Å². The van der Waals surface area contributed by atoms with Crippen molar-refractivity contribution >= 4 is 23.6 Å². The summed E-state index contributed by atoms with van der Waals surface area (Å²) in [7, 11) is 1.87. The fourth-order valence-corrected chi connectivity index (χ4v) is 3.37. The number of hydrogen-bond acceptors (Lipinski definition) is 4. The summed E-state index contributed by atoms with van der Waals surface area (Å²) >= 11 is 1.53. The first-order valence-corrected chi connectivity index (χ1v) is 6.13. The van der Waals surface area contributed by atoms with E-state index < -0.39 is 5.97 Å². The molecular formula is C10H14N2O3S. The molecule has 1 atom stereocenters. The van der Waals surface area contributed by atoms with Crippen LogP contribution in [-0.4, -0.2) is 40.8 Å². The molecule has 0 bridgehead atoms. The van der Waals surface area contributed by atoms with Crippen LogP contribution < -0.4 is 5.32 Å². The van der Waals surface area contributed by atoms with Gasteiger partial charge >= 0.3 is 5.97 Å². The van der Waals surface area contributed by atoms with E-state index in [1.54, 1.807) is 0 Å². The van der Waals surface area contributed by atoms with Crippen molar-refractivity contribution in [3.8, 4) is 0 Å². The fourth-order valence-electron chi connectivity index (χ4n) is 1.93. The van der Waals surface area contributed by atoms with E-state index in [1.807, 2.05) is 7.05 Å². The van der Waals surface area contributed by atoms with Gasteiger partial charge in [0.05, 0.1) is 11.8 Å². The smallest absolute Gasteiger partial charge is 0.353 e. The van der Waals surface area contributed by atoms with Crippen LogP contribution in [-0.2, 0) is 9.59 Å². The molecule has 0 saturated carbocycles. The third kappa shape index (κ3) is 1.82. The molecule has 2 rings (SSSR count). The van der Waals surface area contributed by atoms with Gasteiger partial charge in [0.2, 0.25) is 5.91 Å². The van der Waals surface area contributed by atoms with Crippen LogP contribution in [0.1, 0.15) is 19.3 Å². The summed E-state index contributed by atoms with van der Waals surface area (Å²) < 4.78 is 0. The number of nitrogens with one attached hydrogen (secondary N) is 1. The van der Waals surface area contributed by atoms with Crippen LogP contribution >= 0.6 is 11.8 Å². The predicted molar refractivity (Wildman–Crippen MR) is 60.7 cm³/mol. The minimum absolute atomic E-state index is 0.0446. The van der Waals surface area contributed by atoms with Crippen molar-refractivity contribution in [3.05, 3.63) is 10.6 Å². The Kier molecular flexibility index (Phi) is 3.20. The van der Waals surface area contributed by atoms with Gasteiger partial charge in [0, 0.05) is 4.91 Å². The highest BCUT2D eigenvalue weighted by molar-refractivity contribution is 8.04. The summed E-state index contributed by atoms with van der Waals surface area (Å²) in [5, 5.41) is 12.2. The van der Waals surface area contributed by atoms with E-state index >= 15 is 0 Å². The summed E-state index contributed by atoms with van der Waals surface area (Å²) in [6.45, 7) is 0.857. The maximum absolute atomic E-state index is 11.3. The number of rotatable bonds is 5. The first-order valence-electron chi connectivity index (χ1n) is 5.25. The molecule has 0 spiro atoms. The highest BCUT2D eigenvalue weighted by Gasteiger charge is 2.47. The number of β-lactam (4-membered cyclic amide) rings is 1. The molecule has 16 heavy (non-hydrogen) atoms. The van der Waals surface area contributed by atoms with E-state index in [2.05, 4.69) is 5.32 Å². The van der Waals surface area contributed by atoms with E-state index in [-0.39, 0.29) is 17.0 Å². The lowest BCUT2D eigenvalue weighted by Crippen LogP contribution is -2.48. The van der Waals surface area contributed by atoms with E-state index in [1.165, 1.54) is 16.7 Å². The molecular weight excluding hydrogens is 228 g/mol. The number of carboxylic acids is 1. The topological polar surface area (TPSA) is 69.6 Å². The minimum Gasteiger partial charge on any atom is -0.477 e. The zero-order chi connectivity index (χ0) is 11.7. The van der Waals surface area contributed by atoms with Crippen molar-refractivity contribution in [1.82, 2.24) is 10.2 Å². The zero-order valence-electron chi connectivity index (χ0n) is 9.02. The Bertz CT molecular complexity index is 367. The Morgan fingerprint density at radius 3 is 3.00 bits per heavy atom. The summed E-state index contributed by atoms with van der Waals surface area (Å²) in [5.41, 5.74) is 0.211. The molecule has 2 N–H and O–H groups in total. The van der Waals surface area contributed by atoms with Gasteiger partial charge in [-0.05, 0) is 26.4 Å². The number of hydrogen-bond donors (Lipinski definition) is 2. The monoisotopic (exact) mass is 242 g/mol. The lowest BCUT2D eigenvalue weighted by atomic mass is 10.1. The molecule has 1 amide bonds. The first kappa shape index (κ1) is 11.5. The number of nitrogens with zero attached hydrogens (tertiary/aromatic N) is 1. The molecule has 0 aromatic heterocycles. The number of carbonyl (C=O) groups is 2. The highest BCUT2D eigenvalue weighted by atomic mass is 32.2. The average Bonchev–Trinajstić information content (AvgIpc) is 2.52. The SMILES string of the molecule is CNCCCC1=C(C(=O)O)N2C(=O)C[C@H]2S1. The van der Waals surface area contributed by atoms with Gasteiger partial charge in [0.15, 0.2) is 0 Å². The van der Waals surface area contributed by atoms with Crippen LogP contribution in [0, 0.1) is 0 Å². The molecule has 5 nitrogen and oxygen atoms in total. The largest absolute Gasteiger partial charge is 0.477 e. The molecule has 2 aliphatic rings. The van der Waals surface area contributed by atoms with E-state index in [9.17, 15) is 9.59 Å². The maximum atomic E-state index is 11.3. The molecule has 0 aromatic rings. The standard InChI is InChI=1S/C10H14N2O3S/c1-11-4-2-3-6-9(10(14)15)12-7(13)5-8(12)16-6/h8,11H,2-5H2,1H3,(H,14,15)/t8-/m1/s1. The molecule has 1 saturated heterocycles. The lowest BCUT2D eigenvalue weighted by molar-refractivity contribution is -0.145. The van der Waals surface area contributed by atoms with Crippen LogP contribution in [0.25, 0.3) is 0 Å². The maximum Gasteiger partial charge on any atom is 0.353 e. The van der Waals surface area contributed by atoms with Crippen molar-refractivity contribution in [1.29, 1.82) is 0 Å². The second-order valence-electron chi connectivity index (χ2n) is 3.82. The lowest BCUT2D eigenvalue weighted by Gasteiger charge is -2.33. The van der Waals surface area contributed by atoms with Crippen molar-refractivity contribution in [3.63, 3.8) is 0 Å². The average molecular weight is 242 g/mol. The van der Waals surface area contributed by atoms with Gasteiger partial charge in [-0.25, -0.2) is 4.79 Å². The summed E-state index contributed by atoms with van der Waals surface area (Å²) in [6.07, 6.45) is 2.09. The molecule has 0 aromatic carbocycles. The van der Waals surface area contributed by atoms with Crippen molar-refractivity contribution in [2.24, 2.45) is 0 Å². The molecule has 2 heterocycles. The second-order valence-corrected chi connectivity index (χ2v) is 5.10. The molecule has 88 valence electrons. The normalized spacial score (nSPS) is 23.4. The molecule has 6 heteroatoms. The van der Waals surface area contributed by atoms with Gasteiger partial charge in [0.25, 0.3) is 0 Å². The number of amides is 1. The van der Waals surface area contributed by atoms with Crippen molar-refractivity contribution < 1.29 is 14.7 Å². The number of allylic oxidation sites excluding steroid dienone is 1. The summed E-state index contributed by atoms with van der Waals surface area (Å²) in [5.74, 6) is -1.05. The van der Waals surface area contributed by atoms with Gasteiger partial charge in [-0.15, -0.1) is 11.8 Å².